The Bertz CT molecular complexity index is 400. The van der Waals surface area contributed by atoms with Gasteiger partial charge < -0.3 is 4.72 Å². The second-order valence-electron chi connectivity index (χ2n) is 3.88. The Balaban J connectivity index is 0.000000829. The van der Waals surface area contributed by atoms with Gasteiger partial charge in [-0.25, -0.2) is 0 Å². The molecule has 0 unspecified atom stereocenters. The first kappa shape index (κ1) is 18.6. The number of anilines is 1. The fourth-order valence-corrected chi connectivity index (χ4v) is 1.99. The minimum Gasteiger partial charge on any atom is -0.326 e. The fourth-order valence-electron chi connectivity index (χ4n) is 1.35. The van der Waals surface area contributed by atoms with Gasteiger partial charge in [-0.3, -0.25) is 0 Å². The van der Waals surface area contributed by atoms with E-state index in [1.54, 1.807) is 11.9 Å². The predicted molar refractivity (Wildman–Crippen MR) is 94.5 cm³/mol. The van der Waals surface area contributed by atoms with Crippen molar-refractivity contribution in [3.63, 3.8) is 0 Å². The zero-order chi connectivity index (χ0) is 15.4. The zero-order valence-electron chi connectivity index (χ0n) is 13.5. The normalized spacial score (nSPS) is 8.70. The Labute approximate surface area is 128 Å². The molecule has 2 heteroatoms. The van der Waals surface area contributed by atoms with E-state index in [1.165, 1.54) is 16.0 Å². The molecule has 0 aliphatic heterocycles. The molecule has 0 fully saturated rings. The minimum absolute atomic E-state index is 1.14. The summed E-state index contributed by atoms with van der Waals surface area (Å²) in [5.41, 5.74) is 3.71. The second kappa shape index (κ2) is 11.4. The van der Waals surface area contributed by atoms with E-state index in [2.05, 4.69) is 67.1 Å². The summed E-state index contributed by atoms with van der Waals surface area (Å²) in [5.74, 6) is 0. The average molecular weight is 289 g/mol. The van der Waals surface area contributed by atoms with Crippen molar-refractivity contribution in [3.05, 3.63) is 59.7 Å². The third kappa shape index (κ3) is 7.25. The van der Waals surface area contributed by atoms with Gasteiger partial charge in [0.1, 0.15) is 0 Å². The molecule has 0 saturated carbocycles. The van der Waals surface area contributed by atoms with Crippen molar-refractivity contribution in [3.8, 4) is 0 Å². The third-order valence-corrected chi connectivity index (χ3v) is 3.20. The average Bonchev–Trinajstić information content (AvgIpc) is 2.52. The van der Waals surface area contributed by atoms with E-state index in [0.717, 1.165) is 5.69 Å². The van der Waals surface area contributed by atoms with Gasteiger partial charge in [-0.2, -0.15) is 0 Å². The maximum absolute atomic E-state index is 3.32. The molecule has 0 radical (unpaired) electrons. The highest BCUT2D eigenvalue weighted by atomic mass is 32.2. The smallest absolute Gasteiger partial charge is 0.0443 e. The summed E-state index contributed by atoms with van der Waals surface area (Å²) >= 11 is 1.64. The van der Waals surface area contributed by atoms with Gasteiger partial charge in [-0.1, -0.05) is 63.1 Å². The topological polar surface area (TPSA) is 12.0 Å². The summed E-state index contributed by atoms with van der Waals surface area (Å²) in [6.07, 6.45) is 0. The molecule has 20 heavy (non-hydrogen) atoms. The van der Waals surface area contributed by atoms with Gasteiger partial charge in [0, 0.05) is 10.6 Å². The van der Waals surface area contributed by atoms with Crippen LogP contribution in [0.5, 0.6) is 0 Å². The molecule has 0 aromatic heterocycles. The minimum atomic E-state index is 1.14. The largest absolute Gasteiger partial charge is 0.326 e. The van der Waals surface area contributed by atoms with Gasteiger partial charge in [-0.05, 0) is 50.1 Å². The molecular formula is C18H27NS. The highest BCUT2D eigenvalue weighted by Crippen LogP contribution is 2.21. The van der Waals surface area contributed by atoms with Crippen LogP contribution < -0.4 is 4.72 Å². The van der Waals surface area contributed by atoms with Crippen LogP contribution in [0.4, 0.5) is 5.69 Å². The van der Waals surface area contributed by atoms with Crippen LogP contribution in [0.15, 0.2) is 53.4 Å². The quantitative estimate of drug-likeness (QED) is 0.649. The molecule has 0 spiro atoms. The monoisotopic (exact) mass is 289 g/mol. The number of hydrogen-bond donors (Lipinski definition) is 1. The molecule has 110 valence electrons. The number of hydrogen-bond acceptors (Lipinski definition) is 2. The van der Waals surface area contributed by atoms with E-state index in [0.29, 0.717) is 0 Å². The van der Waals surface area contributed by atoms with Gasteiger partial charge >= 0.3 is 0 Å². The van der Waals surface area contributed by atoms with Crippen LogP contribution in [0.3, 0.4) is 0 Å². The van der Waals surface area contributed by atoms with Crippen molar-refractivity contribution in [2.45, 2.75) is 46.4 Å². The molecule has 0 aliphatic carbocycles. The van der Waals surface area contributed by atoms with E-state index < -0.39 is 0 Å². The third-order valence-electron chi connectivity index (χ3n) is 2.36. The molecule has 0 saturated heterocycles. The van der Waals surface area contributed by atoms with Gasteiger partial charge in [0.2, 0.25) is 0 Å². The highest BCUT2D eigenvalue weighted by molar-refractivity contribution is 8.00. The molecule has 1 N–H and O–H groups in total. The summed E-state index contributed by atoms with van der Waals surface area (Å²) in [4.78, 5) is 1.23. The second-order valence-corrected chi connectivity index (χ2v) is 4.76. The Kier molecular flexibility index (Phi) is 10.6. The molecule has 2 aromatic rings. The maximum atomic E-state index is 3.32. The molecule has 0 bridgehead atoms. The van der Waals surface area contributed by atoms with Gasteiger partial charge in [-0.15, -0.1) is 0 Å². The Morgan fingerprint density at radius 2 is 1.05 bits per heavy atom. The first-order valence-electron chi connectivity index (χ1n) is 7.30. The lowest BCUT2D eigenvalue weighted by molar-refractivity contribution is 1.38. The Hall–Kier alpha value is -1.41. The van der Waals surface area contributed by atoms with Crippen LogP contribution >= 0.6 is 11.9 Å². The SMILES string of the molecule is CC.CC.Cc1ccc(NSc2ccc(C)cc2)cc1. The zero-order valence-corrected chi connectivity index (χ0v) is 14.3. The molecule has 2 aromatic carbocycles. The van der Waals surface area contributed by atoms with Crippen molar-refractivity contribution in [2.75, 3.05) is 4.72 Å². The van der Waals surface area contributed by atoms with Crippen molar-refractivity contribution >= 4 is 17.6 Å². The van der Waals surface area contributed by atoms with Crippen LogP contribution in [0, 0.1) is 13.8 Å². The lowest BCUT2D eigenvalue weighted by Crippen LogP contribution is -1.86. The van der Waals surface area contributed by atoms with E-state index in [9.17, 15) is 0 Å². The van der Waals surface area contributed by atoms with Crippen LogP contribution in [-0.2, 0) is 0 Å². The van der Waals surface area contributed by atoms with Crippen LogP contribution in [0.1, 0.15) is 38.8 Å². The summed E-state index contributed by atoms with van der Waals surface area (Å²) < 4.78 is 3.32. The first-order valence-corrected chi connectivity index (χ1v) is 8.12. The summed E-state index contributed by atoms with van der Waals surface area (Å²) in [5, 5.41) is 0. The van der Waals surface area contributed by atoms with E-state index >= 15 is 0 Å². The lowest BCUT2D eigenvalue weighted by atomic mass is 10.2. The number of aryl methyl sites for hydroxylation is 2. The van der Waals surface area contributed by atoms with E-state index in [-0.39, 0.29) is 0 Å². The summed E-state index contributed by atoms with van der Waals surface area (Å²) in [6.45, 7) is 12.2. The highest BCUT2D eigenvalue weighted by Gasteiger charge is 1.94. The summed E-state index contributed by atoms with van der Waals surface area (Å²) in [6, 6.07) is 16.9. The first-order chi connectivity index (χ1) is 9.74. The fraction of sp³-hybridized carbons (Fsp3) is 0.333. The van der Waals surface area contributed by atoms with E-state index in [4.69, 9.17) is 0 Å². The van der Waals surface area contributed by atoms with Crippen LogP contribution in [0.25, 0.3) is 0 Å². The number of nitrogens with one attached hydrogen (secondary N) is 1. The molecule has 0 amide bonds. The van der Waals surface area contributed by atoms with Crippen molar-refractivity contribution < 1.29 is 0 Å². The molecule has 2 rings (SSSR count). The van der Waals surface area contributed by atoms with Crippen LogP contribution in [-0.4, -0.2) is 0 Å². The predicted octanol–water partition coefficient (Wildman–Crippen LogP) is 6.48. The Morgan fingerprint density at radius 1 is 0.650 bits per heavy atom. The van der Waals surface area contributed by atoms with Crippen LogP contribution in [0.2, 0.25) is 0 Å². The molecular weight excluding hydrogens is 262 g/mol. The number of benzene rings is 2. The van der Waals surface area contributed by atoms with E-state index in [1.807, 2.05) is 27.7 Å². The number of rotatable bonds is 3. The standard InChI is InChI=1S/C14H15NS.2C2H6/c1-11-3-7-13(8-4-11)15-16-14-9-5-12(2)6-10-14;2*1-2/h3-10,15H,1-2H3;2*1-2H3. The van der Waals surface area contributed by atoms with Crippen molar-refractivity contribution in [1.82, 2.24) is 0 Å². The molecule has 0 heterocycles. The van der Waals surface area contributed by atoms with Crippen molar-refractivity contribution in [1.29, 1.82) is 0 Å². The van der Waals surface area contributed by atoms with Gasteiger partial charge in [0.25, 0.3) is 0 Å². The summed E-state index contributed by atoms with van der Waals surface area (Å²) in [7, 11) is 0. The maximum Gasteiger partial charge on any atom is 0.0443 e. The lowest BCUT2D eigenvalue weighted by Gasteiger charge is -2.05. The molecule has 1 nitrogen and oxygen atoms in total. The molecule has 0 aliphatic rings. The molecule has 0 atom stereocenters. The van der Waals surface area contributed by atoms with Gasteiger partial charge in [0.15, 0.2) is 0 Å². The Morgan fingerprint density at radius 3 is 1.50 bits per heavy atom. The van der Waals surface area contributed by atoms with Crippen molar-refractivity contribution in [2.24, 2.45) is 0 Å². The van der Waals surface area contributed by atoms with Gasteiger partial charge in [0.05, 0.1) is 0 Å².